The summed E-state index contributed by atoms with van der Waals surface area (Å²) in [6.45, 7) is 42.3. The van der Waals surface area contributed by atoms with Crippen molar-refractivity contribution in [1.29, 1.82) is 0 Å². The summed E-state index contributed by atoms with van der Waals surface area (Å²) in [5, 5.41) is 0. The first-order chi connectivity index (χ1) is 17.1. The minimum atomic E-state index is 0. The Balaban J connectivity index is -0.000000464. The van der Waals surface area contributed by atoms with Crippen LogP contribution in [-0.4, -0.2) is 127 Å². The maximum absolute atomic E-state index is 2.59. The average molecular weight is 559 g/mol. The Labute approximate surface area is 250 Å². The second-order valence-corrected chi connectivity index (χ2v) is 14.0. The first kappa shape index (κ1) is 43.3. The number of likely N-dealkylation sites (N-methyl/N-ethyl adjacent to an activating group) is 1. The fourth-order valence-electron chi connectivity index (χ4n) is 5.00. The third-order valence-electron chi connectivity index (χ3n) is 8.45. The van der Waals surface area contributed by atoms with Crippen LogP contribution in [-0.2, 0) is 0 Å². The van der Waals surface area contributed by atoms with Gasteiger partial charge in [-0.25, -0.2) is 0 Å². The molecule has 0 aromatic carbocycles. The Kier molecular flexibility index (Phi) is 24.8. The lowest BCUT2D eigenvalue weighted by atomic mass is 10.1. The van der Waals surface area contributed by atoms with E-state index in [0.29, 0.717) is 0 Å². The van der Waals surface area contributed by atoms with Gasteiger partial charge in [0, 0.05) is 63.4 Å². The van der Waals surface area contributed by atoms with Crippen LogP contribution in [0, 0.1) is 5.92 Å². The standard InChI is InChI=1S/C11H25N2.C10H22N2.C7H15N.C4H10.2CH4/c1-10(2)12-6-8-13(5,9-7-12)11(3)4;1-9(2)11-5-7-12(8-6-11)10(3)4;1-7(2)8-5-3-4-6-8;1-4(2)3;;/h10-11H,6-9H2,1-5H3;9-10H,5-8H2,1-4H3;7H,3-6H2,1-2H3;4H,1-3H3;2*1H4/q+1;;;;;. The summed E-state index contributed by atoms with van der Waals surface area (Å²) < 4.78 is 1.25. The zero-order valence-corrected chi connectivity index (χ0v) is 28.2. The fourth-order valence-corrected chi connectivity index (χ4v) is 5.00. The predicted molar refractivity (Wildman–Crippen MR) is 181 cm³/mol. The number of rotatable bonds is 5. The summed E-state index contributed by atoms with van der Waals surface area (Å²) in [6, 6.07) is 3.71. The monoisotopic (exact) mass is 559 g/mol. The summed E-state index contributed by atoms with van der Waals surface area (Å²) in [7, 11) is 2.39. The van der Waals surface area contributed by atoms with Gasteiger partial charge in [0.15, 0.2) is 0 Å². The largest absolute Gasteiger partial charge is 0.322 e. The summed E-state index contributed by atoms with van der Waals surface area (Å²) in [6.07, 6.45) is 2.83. The van der Waals surface area contributed by atoms with Crippen LogP contribution in [0.25, 0.3) is 0 Å². The van der Waals surface area contributed by atoms with Gasteiger partial charge in [-0.1, -0.05) is 35.6 Å². The van der Waals surface area contributed by atoms with E-state index in [1.54, 1.807) is 0 Å². The highest BCUT2D eigenvalue weighted by Gasteiger charge is 2.31. The summed E-state index contributed by atoms with van der Waals surface area (Å²) in [5.74, 6) is 0.833. The van der Waals surface area contributed by atoms with Gasteiger partial charge in [0.25, 0.3) is 0 Å². The van der Waals surface area contributed by atoms with Gasteiger partial charge in [0.2, 0.25) is 0 Å². The lowest BCUT2D eigenvalue weighted by Gasteiger charge is -2.46. The number of quaternary nitrogens is 1. The molecule has 0 bridgehead atoms. The van der Waals surface area contributed by atoms with E-state index in [4.69, 9.17) is 0 Å². The minimum absolute atomic E-state index is 0. The molecular formula is C34H80N5+. The molecule has 0 unspecified atom stereocenters. The summed E-state index contributed by atoms with van der Waals surface area (Å²) >= 11 is 0. The van der Waals surface area contributed by atoms with Crippen LogP contribution in [0.4, 0.5) is 0 Å². The molecular weight excluding hydrogens is 478 g/mol. The molecule has 3 aliphatic heterocycles. The molecule has 0 N–H and O–H groups in total. The Morgan fingerprint density at radius 3 is 0.846 bits per heavy atom. The Bertz CT molecular complexity index is 503. The topological polar surface area (TPSA) is 13.0 Å². The average Bonchev–Trinajstić information content (AvgIpc) is 3.35. The van der Waals surface area contributed by atoms with E-state index in [0.717, 1.165) is 36.1 Å². The molecule has 0 spiro atoms. The van der Waals surface area contributed by atoms with E-state index in [2.05, 4.69) is 117 Å². The molecule has 3 rings (SSSR count). The third kappa shape index (κ3) is 18.8. The van der Waals surface area contributed by atoms with E-state index in [1.807, 2.05) is 0 Å². The van der Waals surface area contributed by atoms with Crippen LogP contribution in [0.1, 0.15) is 118 Å². The van der Waals surface area contributed by atoms with Gasteiger partial charge < -0.3 is 9.38 Å². The highest BCUT2D eigenvalue weighted by Crippen LogP contribution is 2.16. The minimum Gasteiger partial charge on any atom is -0.322 e. The van der Waals surface area contributed by atoms with Gasteiger partial charge in [-0.3, -0.25) is 14.7 Å². The molecule has 5 nitrogen and oxygen atoms in total. The van der Waals surface area contributed by atoms with Gasteiger partial charge in [-0.2, -0.15) is 0 Å². The van der Waals surface area contributed by atoms with Gasteiger partial charge in [0.05, 0.1) is 26.2 Å². The molecule has 0 atom stereocenters. The van der Waals surface area contributed by atoms with E-state index in [1.165, 1.54) is 82.8 Å². The molecule has 3 fully saturated rings. The van der Waals surface area contributed by atoms with Crippen molar-refractivity contribution < 1.29 is 4.48 Å². The summed E-state index contributed by atoms with van der Waals surface area (Å²) in [4.78, 5) is 10.2. The first-order valence-corrected chi connectivity index (χ1v) is 15.9. The normalized spacial score (nSPS) is 20.6. The molecule has 240 valence electrons. The van der Waals surface area contributed by atoms with Crippen LogP contribution in [0.15, 0.2) is 0 Å². The van der Waals surface area contributed by atoms with E-state index >= 15 is 0 Å². The van der Waals surface area contributed by atoms with Crippen LogP contribution in [0.3, 0.4) is 0 Å². The van der Waals surface area contributed by atoms with E-state index in [9.17, 15) is 0 Å². The van der Waals surface area contributed by atoms with E-state index < -0.39 is 0 Å². The molecule has 5 heteroatoms. The van der Waals surface area contributed by atoms with Crippen molar-refractivity contribution in [2.24, 2.45) is 5.92 Å². The second-order valence-electron chi connectivity index (χ2n) is 14.0. The quantitative estimate of drug-likeness (QED) is 0.326. The van der Waals surface area contributed by atoms with Crippen molar-refractivity contribution in [3.8, 4) is 0 Å². The highest BCUT2D eigenvalue weighted by molar-refractivity contribution is 4.76. The van der Waals surface area contributed by atoms with Crippen molar-refractivity contribution >= 4 is 0 Å². The van der Waals surface area contributed by atoms with Gasteiger partial charge in [-0.05, 0) is 101 Å². The third-order valence-corrected chi connectivity index (χ3v) is 8.45. The molecule has 0 aromatic heterocycles. The van der Waals surface area contributed by atoms with Gasteiger partial charge >= 0.3 is 0 Å². The van der Waals surface area contributed by atoms with Crippen LogP contribution in [0.5, 0.6) is 0 Å². The Morgan fingerprint density at radius 2 is 0.641 bits per heavy atom. The van der Waals surface area contributed by atoms with Crippen LogP contribution < -0.4 is 0 Å². The zero-order chi connectivity index (χ0) is 28.8. The SMILES string of the molecule is C.C.CC(C)C.CC(C)N1CCCC1.CC(C)N1CCN(C(C)C)CC1.CC(C)N1CC[N+](C)(C(C)C)CC1. The Hall–Kier alpha value is -0.200. The summed E-state index contributed by atoms with van der Waals surface area (Å²) in [5.41, 5.74) is 0. The lowest BCUT2D eigenvalue weighted by molar-refractivity contribution is -0.933. The molecule has 0 aromatic rings. The van der Waals surface area contributed by atoms with E-state index in [-0.39, 0.29) is 14.9 Å². The molecule has 39 heavy (non-hydrogen) atoms. The zero-order valence-electron chi connectivity index (χ0n) is 28.2. The number of hydrogen-bond donors (Lipinski definition) is 0. The number of nitrogens with zero attached hydrogens (tertiary/aromatic N) is 5. The van der Waals surface area contributed by atoms with Crippen molar-refractivity contribution in [3.05, 3.63) is 0 Å². The molecule has 3 saturated heterocycles. The molecule has 0 radical (unpaired) electrons. The molecule has 3 heterocycles. The first-order valence-electron chi connectivity index (χ1n) is 15.9. The van der Waals surface area contributed by atoms with Crippen molar-refractivity contribution in [3.63, 3.8) is 0 Å². The molecule has 0 amide bonds. The van der Waals surface area contributed by atoms with Gasteiger partial charge in [0.1, 0.15) is 0 Å². The Morgan fingerprint density at radius 1 is 0.410 bits per heavy atom. The van der Waals surface area contributed by atoms with Crippen LogP contribution in [0.2, 0.25) is 0 Å². The van der Waals surface area contributed by atoms with Crippen molar-refractivity contribution in [1.82, 2.24) is 19.6 Å². The fraction of sp³-hybridized carbons (Fsp3) is 1.00. The molecule has 3 aliphatic rings. The van der Waals surface area contributed by atoms with Crippen molar-refractivity contribution in [2.45, 2.75) is 148 Å². The lowest BCUT2D eigenvalue weighted by Crippen LogP contribution is -2.61. The number of likely N-dealkylation sites (tertiary alicyclic amines) is 1. The number of hydrogen-bond acceptors (Lipinski definition) is 4. The second kappa shape index (κ2) is 22.4. The maximum atomic E-state index is 2.59. The predicted octanol–water partition coefficient (Wildman–Crippen LogP) is 7.41. The molecule has 0 saturated carbocycles. The van der Waals surface area contributed by atoms with Crippen molar-refractivity contribution in [2.75, 3.05) is 72.5 Å². The number of piperazine rings is 2. The van der Waals surface area contributed by atoms with Crippen LogP contribution >= 0.6 is 0 Å². The smallest absolute Gasteiger partial charge is 0.0916 e. The maximum Gasteiger partial charge on any atom is 0.0916 e. The molecule has 0 aliphatic carbocycles. The highest BCUT2D eigenvalue weighted by atomic mass is 15.4. The van der Waals surface area contributed by atoms with Gasteiger partial charge in [-0.15, -0.1) is 0 Å².